The number of anilines is 1. The van der Waals surface area contributed by atoms with E-state index in [0.717, 1.165) is 3.57 Å². The molecule has 1 saturated heterocycles. The lowest BCUT2D eigenvalue weighted by Crippen LogP contribution is -2.37. The normalized spacial score (nSPS) is 30.0. The second-order valence-electron chi connectivity index (χ2n) is 4.56. The summed E-state index contributed by atoms with van der Waals surface area (Å²) in [6.07, 6.45) is -0.586. The minimum atomic E-state index is -1.13. The molecule has 3 heterocycles. The molecule has 1 aliphatic rings. The maximum absolute atomic E-state index is 9.85. The number of halogens is 1. The predicted molar refractivity (Wildman–Crippen MR) is 77.6 cm³/mol. The van der Waals surface area contributed by atoms with Gasteiger partial charge in [-0.25, -0.2) is 9.97 Å². The van der Waals surface area contributed by atoms with E-state index in [9.17, 15) is 10.2 Å². The lowest BCUT2D eigenvalue weighted by molar-refractivity contribution is -0.162. The summed E-state index contributed by atoms with van der Waals surface area (Å²) in [7, 11) is 0. The van der Waals surface area contributed by atoms with Gasteiger partial charge in [-0.2, -0.15) is 4.73 Å². The van der Waals surface area contributed by atoms with Crippen molar-refractivity contribution < 1.29 is 19.8 Å². The van der Waals surface area contributed by atoms with Gasteiger partial charge < -0.3 is 25.5 Å². The summed E-state index contributed by atoms with van der Waals surface area (Å²) in [4.78, 5) is 13.6. The third kappa shape index (κ3) is 2.10. The molecule has 0 bridgehead atoms. The summed E-state index contributed by atoms with van der Waals surface area (Å²) >= 11 is 2.09. The maximum atomic E-state index is 9.85. The number of hydrogen-bond donors (Lipinski definition) is 3. The minimum absolute atomic E-state index is 0.350. The quantitative estimate of drug-likeness (QED) is 0.591. The van der Waals surface area contributed by atoms with Crippen molar-refractivity contribution >= 4 is 39.4 Å². The highest BCUT2D eigenvalue weighted by atomic mass is 127. The van der Waals surface area contributed by atoms with Gasteiger partial charge in [-0.05, 0) is 29.5 Å². The van der Waals surface area contributed by atoms with E-state index in [1.54, 1.807) is 13.1 Å². The minimum Gasteiger partial charge on any atom is -0.387 e. The van der Waals surface area contributed by atoms with Gasteiger partial charge in [0.05, 0.1) is 17.7 Å². The number of nitrogen functional groups attached to an aromatic ring is 1. The molecule has 20 heavy (non-hydrogen) atoms. The summed E-state index contributed by atoms with van der Waals surface area (Å²) in [6, 6.07) is 0. The Morgan fingerprint density at radius 3 is 2.80 bits per heavy atom. The first kappa shape index (κ1) is 13.8. The molecule has 1 fully saturated rings. The Morgan fingerprint density at radius 1 is 1.40 bits per heavy atom. The van der Waals surface area contributed by atoms with E-state index in [-0.39, 0.29) is 0 Å². The van der Waals surface area contributed by atoms with Gasteiger partial charge in [0.1, 0.15) is 24.4 Å². The van der Waals surface area contributed by atoms with E-state index in [2.05, 4.69) is 32.6 Å². The van der Waals surface area contributed by atoms with Crippen LogP contribution in [0.5, 0.6) is 0 Å². The van der Waals surface area contributed by atoms with Gasteiger partial charge in [-0.3, -0.25) is 0 Å². The summed E-state index contributed by atoms with van der Waals surface area (Å²) in [6.45, 7) is 1.66. The number of hydrogen-bond acceptors (Lipinski definition) is 7. The monoisotopic (exact) mass is 392 g/mol. The fourth-order valence-electron chi connectivity index (χ4n) is 2.10. The number of aliphatic hydroxyl groups is 2. The molecule has 4 N–H and O–H groups in total. The molecule has 0 aliphatic carbocycles. The van der Waals surface area contributed by atoms with Crippen LogP contribution in [0, 0.1) is 3.57 Å². The van der Waals surface area contributed by atoms with Crippen molar-refractivity contribution in [3.05, 3.63) is 16.1 Å². The average molecular weight is 392 g/mol. The lowest BCUT2D eigenvalue weighted by Gasteiger charge is -2.16. The van der Waals surface area contributed by atoms with E-state index in [0.29, 0.717) is 16.9 Å². The van der Waals surface area contributed by atoms with Crippen LogP contribution in [0.4, 0.5) is 5.82 Å². The molecular formula is C11H13IN4O4. The van der Waals surface area contributed by atoms with Crippen molar-refractivity contribution in [2.45, 2.75) is 31.5 Å². The highest BCUT2D eigenvalue weighted by molar-refractivity contribution is 14.1. The highest BCUT2D eigenvalue weighted by Gasteiger charge is 2.42. The Labute approximate surface area is 127 Å². The van der Waals surface area contributed by atoms with E-state index < -0.39 is 24.6 Å². The Balaban J connectivity index is 1.94. The first-order valence-corrected chi connectivity index (χ1v) is 7.02. The topological polar surface area (TPSA) is 116 Å². The van der Waals surface area contributed by atoms with Gasteiger partial charge in [0.15, 0.2) is 5.65 Å². The first-order valence-electron chi connectivity index (χ1n) is 5.95. The van der Waals surface area contributed by atoms with E-state index in [1.165, 1.54) is 11.1 Å². The van der Waals surface area contributed by atoms with E-state index >= 15 is 0 Å². The first-order chi connectivity index (χ1) is 9.49. The molecule has 2 aromatic heterocycles. The van der Waals surface area contributed by atoms with Gasteiger partial charge in [0.25, 0.3) is 6.29 Å². The van der Waals surface area contributed by atoms with Crippen LogP contribution >= 0.6 is 22.6 Å². The Bertz CT molecular complexity index is 649. The molecule has 0 radical (unpaired) electrons. The Kier molecular flexibility index (Phi) is 3.44. The van der Waals surface area contributed by atoms with Gasteiger partial charge in [0, 0.05) is 3.57 Å². The molecule has 9 heteroatoms. The summed E-state index contributed by atoms with van der Waals surface area (Å²) in [5, 5.41) is 20.2. The fourth-order valence-corrected chi connectivity index (χ4v) is 2.88. The zero-order valence-corrected chi connectivity index (χ0v) is 12.6. The molecule has 3 rings (SSSR count). The van der Waals surface area contributed by atoms with Gasteiger partial charge >= 0.3 is 0 Å². The second-order valence-corrected chi connectivity index (χ2v) is 5.72. The molecule has 0 saturated carbocycles. The van der Waals surface area contributed by atoms with Gasteiger partial charge in [-0.15, -0.1) is 0 Å². The van der Waals surface area contributed by atoms with Crippen LogP contribution in [0.3, 0.4) is 0 Å². The number of nitrogens with zero attached hydrogens (tertiary/aromatic N) is 3. The predicted octanol–water partition coefficient (Wildman–Crippen LogP) is -0.487. The van der Waals surface area contributed by atoms with Crippen LogP contribution in [0.1, 0.15) is 6.92 Å². The SMILES string of the molecule is C[C@H]1O[C@@H](On2cc(I)c3c(N)ncnc32)[C@H](O)[C@@H]1O. The molecule has 4 atom stereocenters. The lowest BCUT2D eigenvalue weighted by atomic mass is 10.2. The second kappa shape index (κ2) is 4.98. The average Bonchev–Trinajstić information content (AvgIpc) is 2.85. The molecule has 8 nitrogen and oxygen atoms in total. The van der Waals surface area contributed by atoms with Crippen molar-refractivity contribution in [2.24, 2.45) is 0 Å². The Morgan fingerprint density at radius 2 is 2.15 bits per heavy atom. The number of aromatic nitrogens is 3. The fraction of sp³-hybridized carbons (Fsp3) is 0.455. The highest BCUT2D eigenvalue weighted by Crippen LogP contribution is 2.26. The van der Waals surface area contributed by atoms with Crippen molar-refractivity contribution in [2.75, 3.05) is 5.73 Å². The summed E-state index contributed by atoms with van der Waals surface area (Å²) < 4.78 is 7.54. The summed E-state index contributed by atoms with van der Waals surface area (Å²) in [5.74, 6) is 0.350. The van der Waals surface area contributed by atoms with Crippen molar-refractivity contribution in [1.82, 2.24) is 14.7 Å². The van der Waals surface area contributed by atoms with E-state index in [4.69, 9.17) is 15.3 Å². The third-order valence-corrected chi connectivity index (χ3v) is 4.03. The van der Waals surface area contributed by atoms with Crippen LogP contribution in [0.2, 0.25) is 0 Å². The molecule has 108 valence electrons. The van der Waals surface area contributed by atoms with Crippen LogP contribution in [-0.4, -0.2) is 49.5 Å². The molecule has 2 aromatic rings. The number of nitrogens with two attached hydrogens (primary N) is 1. The molecule has 0 spiro atoms. The van der Waals surface area contributed by atoms with Crippen LogP contribution in [0.15, 0.2) is 12.5 Å². The van der Waals surface area contributed by atoms with Crippen LogP contribution in [0.25, 0.3) is 11.0 Å². The van der Waals surface area contributed by atoms with Crippen LogP contribution in [-0.2, 0) is 4.74 Å². The van der Waals surface area contributed by atoms with Gasteiger partial charge in [0.2, 0.25) is 0 Å². The number of ether oxygens (including phenoxy) is 1. The third-order valence-electron chi connectivity index (χ3n) is 3.21. The number of aliphatic hydroxyl groups excluding tert-OH is 2. The summed E-state index contributed by atoms with van der Waals surface area (Å²) in [5.41, 5.74) is 6.28. The standard InChI is InChI=1S/C11H13IN4O4/c1-4-7(17)8(18)11(19-4)20-16-2-5(12)6-9(13)14-3-15-10(6)16/h2-4,7-8,11,17-18H,1H3,(H2,13,14,15)/t4-,7-,8-,11+/m1/s1. The van der Waals surface area contributed by atoms with Crippen molar-refractivity contribution in [3.63, 3.8) is 0 Å². The Hall–Kier alpha value is -1.17. The molecule has 0 aromatic carbocycles. The largest absolute Gasteiger partial charge is 0.387 e. The zero-order valence-electron chi connectivity index (χ0n) is 10.5. The molecule has 0 unspecified atom stereocenters. The molecule has 0 amide bonds. The van der Waals surface area contributed by atoms with E-state index in [1.807, 2.05) is 0 Å². The van der Waals surface area contributed by atoms with Crippen molar-refractivity contribution in [1.29, 1.82) is 0 Å². The molecule has 1 aliphatic heterocycles. The maximum Gasteiger partial charge on any atom is 0.253 e. The van der Waals surface area contributed by atoms with Crippen LogP contribution < -0.4 is 10.6 Å². The number of fused-ring (bicyclic) bond motifs is 1. The van der Waals surface area contributed by atoms with Crippen molar-refractivity contribution in [3.8, 4) is 0 Å². The zero-order chi connectivity index (χ0) is 14.4. The molecular weight excluding hydrogens is 379 g/mol. The number of rotatable bonds is 2. The van der Waals surface area contributed by atoms with Gasteiger partial charge in [-0.1, -0.05) is 0 Å². The smallest absolute Gasteiger partial charge is 0.253 e.